The Hall–Kier alpha value is -2.61. The van der Waals surface area contributed by atoms with Crippen LogP contribution in [0.25, 0.3) is 10.9 Å². The molecule has 10 nitrogen and oxygen atoms in total. The van der Waals surface area contributed by atoms with Crippen molar-refractivity contribution in [1.82, 2.24) is 9.71 Å². The number of ether oxygens (including phenoxy) is 1. The number of amides is 1. The summed E-state index contributed by atoms with van der Waals surface area (Å²) in [6.07, 6.45) is 1.02. The molecule has 1 heterocycles. The average Bonchev–Trinajstić information content (AvgIpc) is 3.10. The highest BCUT2D eigenvalue weighted by molar-refractivity contribution is 9.10. The molecule has 0 saturated carbocycles. The number of hydrogen-bond donors (Lipinski definition) is 3. The fraction of sp³-hybridized carbons (Fsp3) is 0.211. The van der Waals surface area contributed by atoms with Crippen molar-refractivity contribution in [3.8, 4) is 5.75 Å². The minimum absolute atomic E-state index is 0.178. The highest BCUT2D eigenvalue weighted by atomic mass is 79.9. The van der Waals surface area contributed by atoms with E-state index in [1.807, 2.05) is 0 Å². The third kappa shape index (κ3) is 5.06. The number of halogens is 1. The smallest absolute Gasteiger partial charge is 0.266 e. The van der Waals surface area contributed by atoms with Crippen LogP contribution in [0.3, 0.4) is 0 Å². The number of anilines is 1. The molecule has 4 N–H and O–H groups in total. The van der Waals surface area contributed by atoms with Crippen LogP contribution in [0.4, 0.5) is 5.69 Å². The summed E-state index contributed by atoms with van der Waals surface area (Å²) in [7, 11) is -6.43. The van der Waals surface area contributed by atoms with Gasteiger partial charge in [0.2, 0.25) is 20.0 Å². The number of nitrogens with zero attached hydrogens (tertiary/aromatic N) is 1. The SMILES string of the molecule is COc1ccc(N(CCNS(=O)(=O)c2c(C(N)=O)[nH]c3ccc(Br)cc23)S(C)(=O)=O)cc1. The lowest BCUT2D eigenvalue weighted by Gasteiger charge is -2.22. The third-order valence-electron chi connectivity index (χ3n) is 4.60. The number of aromatic amines is 1. The van der Waals surface area contributed by atoms with Crippen molar-refractivity contribution >= 4 is 58.5 Å². The molecular weight excluding hydrogens is 524 g/mol. The Morgan fingerprint density at radius 2 is 1.81 bits per heavy atom. The number of hydrogen-bond acceptors (Lipinski definition) is 6. The van der Waals surface area contributed by atoms with Crippen LogP contribution in [0, 0.1) is 0 Å². The number of fused-ring (bicyclic) bond motifs is 1. The molecule has 13 heteroatoms. The standard InChI is InChI=1S/C19H21BrN4O6S2/c1-30-14-6-4-13(5-7-14)24(31(2,26)27)10-9-22-32(28,29)18-15-11-12(20)3-8-16(15)23-17(18)19(21)25/h3-8,11,22-23H,9-10H2,1-2H3,(H2,21,25). The van der Waals surface area contributed by atoms with Crippen LogP contribution in [0.2, 0.25) is 0 Å². The van der Waals surface area contributed by atoms with Gasteiger partial charge in [0.05, 0.1) is 19.1 Å². The van der Waals surface area contributed by atoms with Gasteiger partial charge >= 0.3 is 0 Å². The van der Waals surface area contributed by atoms with Crippen LogP contribution in [-0.2, 0) is 20.0 Å². The summed E-state index contributed by atoms with van der Waals surface area (Å²) >= 11 is 3.28. The van der Waals surface area contributed by atoms with Gasteiger partial charge in [-0.05, 0) is 42.5 Å². The monoisotopic (exact) mass is 544 g/mol. The molecule has 0 radical (unpaired) electrons. The van der Waals surface area contributed by atoms with Crippen LogP contribution in [0.15, 0.2) is 51.8 Å². The minimum Gasteiger partial charge on any atom is -0.497 e. The lowest BCUT2D eigenvalue weighted by molar-refractivity contribution is 0.0993. The summed E-state index contributed by atoms with van der Waals surface area (Å²) in [5, 5.41) is 0.274. The van der Waals surface area contributed by atoms with Gasteiger partial charge in [-0.15, -0.1) is 0 Å². The molecule has 0 spiro atoms. The Morgan fingerprint density at radius 3 is 2.38 bits per heavy atom. The maximum atomic E-state index is 13.1. The van der Waals surface area contributed by atoms with E-state index in [9.17, 15) is 21.6 Å². The van der Waals surface area contributed by atoms with Gasteiger partial charge in [-0.3, -0.25) is 9.10 Å². The maximum Gasteiger partial charge on any atom is 0.266 e. The molecule has 0 aliphatic heterocycles. The van der Waals surface area contributed by atoms with Crippen LogP contribution < -0.4 is 19.5 Å². The summed E-state index contributed by atoms with van der Waals surface area (Å²) in [6, 6.07) is 11.1. The highest BCUT2D eigenvalue weighted by Crippen LogP contribution is 2.29. The van der Waals surface area contributed by atoms with Crippen LogP contribution in [0.1, 0.15) is 10.5 Å². The second kappa shape index (κ2) is 9.10. The van der Waals surface area contributed by atoms with E-state index in [2.05, 4.69) is 25.6 Å². The van der Waals surface area contributed by atoms with Gasteiger partial charge in [-0.2, -0.15) is 0 Å². The molecule has 3 rings (SSSR count). The fourth-order valence-corrected chi connectivity index (χ4v) is 5.85. The molecule has 172 valence electrons. The molecule has 0 unspecified atom stereocenters. The molecule has 0 bridgehead atoms. The number of H-pyrrole nitrogens is 1. The zero-order valence-corrected chi connectivity index (χ0v) is 20.3. The summed E-state index contributed by atoms with van der Waals surface area (Å²) in [5.74, 6) is -0.388. The van der Waals surface area contributed by atoms with Gasteiger partial charge in [0, 0.05) is 28.5 Å². The molecule has 3 aromatic rings. The van der Waals surface area contributed by atoms with Crippen molar-refractivity contribution in [2.24, 2.45) is 5.73 Å². The average molecular weight is 545 g/mol. The highest BCUT2D eigenvalue weighted by Gasteiger charge is 2.27. The Bertz CT molecular complexity index is 1370. The first-order valence-corrected chi connectivity index (χ1v) is 13.3. The van der Waals surface area contributed by atoms with Gasteiger partial charge in [-0.25, -0.2) is 21.6 Å². The Morgan fingerprint density at radius 1 is 1.16 bits per heavy atom. The van der Waals surface area contributed by atoms with Crippen molar-refractivity contribution in [1.29, 1.82) is 0 Å². The second-order valence-corrected chi connectivity index (χ2v) is 11.3. The van der Waals surface area contributed by atoms with E-state index < -0.39 is 26.0 Å². The number of methoxy groups -OCH3 is 1. The second-order valence-electron chi connectivity index (χ2n) is 6.81. The summed E-state index contributed by atoms with van der Waals surface area (Å²) in [5.41, 5.74) is 5.88. The molecule has 0 fully saturated rings. The van der Waals surface area contributed by atoms with E-state index in [0.29, 0.717) is 21.4 Å². The molecule has 0 atom stereocenters. The molecule has 32 heavy (non-hydrogen) atoms. The van der Waals surface area contributed by atoms with Crippen LogP contribution in [0.5, 0.6) is 5.75 Å². The predicted octanol–water partition coefficient (Wildman–Crippen LogP) is 1.78. The van der Waals surface area contributed by atoms with Gasteiger partial charge in [-0.1, -0.05) is 15.9 Å². The number of nitrogens with one attached hydrogen (secondary N) is 2. The summed E-state index contributed by atoms with van der Waals surface area (Å²) in [6.45, 7) is -0.428. The lowest BCUT2D eigenvalue weighted by atomic mass is 10.2. The van der Waals surface area contributed by atoms with Gasteiger partial charge in [0.15, 0.2) is 0 Å². The Balaban J connectivity index is 1.89. The molecule has 0 saturated heterocycles. The Labute approximate surface area is 194 Å². The molecule has 0 aliphatic rings. The fourth-order valence-electron chi connectivity index (χ4n) is 3.18. The predicted molar refractivity (Wildman–Crippen MR) is 125 cm³/mol. The molecule has 1 aromatic heterocycles. The molecule has 2 aromatic carbocycles. The number of sulfonamides is 2. The third-order valence-corrected chi connectivity index (χ3v) is 7.83. The zero-order valence-electron chi connectivity index (χ0n) is 17.1. The summed E-state index contributed by atoms with van der Waals surface area (Å²) in [4.78, 5) is 14.3. The molecular formula is C19H21BrN4O6S2. The molecule has 1 amide bonds. The van der Waals surface area contributed by atoms with Crippen molar-refractivity contribution in [3.05, 3.63) is 52.6 Å². The number of nitrogens with two attached hydrogens (primary N) is 1. The van der Waals surface area contributed by atoms with Crippen molar-refractivity contribution in [2.45, 2.75) is 4.90 Å². The first kappa shape index (κ1) is 24.0. The number of carbonyl (C=O) groups is 1. The van der Waals surface area contributed by atoms with E-state index in [4.69, 9.17) is 10.5 Å². The first-order chi connectivity index (χ1) is 14.9. The normalized spacial score (nSPS) is 12.1. The Kier molecular flexibility index (Phi) is 6.83. The van der Waals surface area contributed by atoms with Crippen LogP contribution in [-0.4, -0.2) is 54.2 Å². The van der Waals surface area contributed by atoms with E-state index in [-0.39, 0.29) is 29.1 Å². The topological polar surface area (TPSA) is 152 Å². The van der Waals surface area contributed by atoms with Gasteiger partial charge in [0.25, 0.3) is 5.91 Å². The first-order valence-electron chi connectivity index (χ1n) is 9.16. The largest absolute Gasteiger partial charge is 0.497 e. The number of carbonyl (C=O) groups excluding carboxylic acids is 1. The van der Waals surface area contributed by atoms with Crippen molar-refractivity contribution in [2.75, 3.05) is 30.8 Å². The summed E-state index contributed by atoms with van der Waals surface area (Å²) < 4.78 is 59.8. The number of rotatable bonds is 9. The van der Waals surface area contributed by atoms with E-state index in [1.54, 1.807) is 42.5 Å². The number of primary amides is 1. The zero-order chi connectivity index (χ0) is 23.7. The number of aromatic nitrogens is 1. The quantitative estimate of drug-likeness (QED) is 0.373. The van der Waals surface area contributed by atoms with E-state index in [0.717, 1.165) is 10.6 Å². The van der Waals surface area contributed by atoms with Crippen molar-refractivity contribution in [3.63, 3.8) is 0 Å². The van der Waals surface area contributed by atoms with Crippen molar-refractivity contribution < 1.29 is 26.4 Å². The van der Waals surface area contributed by atoms with E-state index >= 15 is 0 Å². The van der Waals surface area contributed by atoms with Gasteiger partial charge < -0.3 is 15.5 Å². The van der Waals surface area contributed by atoms with Crippen LogP contribution >= 0.6 is 15.9 Å². The van der Waals surface area contributed by atoms with Gasteiger partial charge in [0.1, 0.15) is 16.3 Å². The minimum atomic E-state index is -4.21. The number of benzene rings is 2. The molecule has 0 aliphatic carbocycles. The lowest BCUT2D eigenvalue weighted by Crippen LogP contribution is -2.38. The van der Waals surface area contributed by atoms with E-state index in [1.165, 1.54) is 7.11 Å². The maximum absolute atomic E-state index is 13.1.